The summed E-state index contributed by atoms with van der Waals surface area (Å²) in [4.78, 5) is 6.92. The van der Waals surface area contributed by atoms with Gasteiger partial charge in [0, 0.05) is 26.7 Å². The van der Waals surface area contributed by atoms with E-state index in [-0.39, 0.29) is 24.0 Å². The molecule has 1 aliphatic heterocycles. The number of likely N-dealkylation sites (tertiary alicyclic amines) is 1. The Hall–Kier alpha value is -0.820. The van der Waals surface area contributed by atoms with Gasteiger partial charge in [-0.2, -0.15) is 0 Å². The molecule has 1 aromatic rings. The fraction of sp³-hybridized carbons (Fsp3) is 0.632. The van der Waals surface area contributed by atoms with Crippen molar-refractivity contribution in [1.82, 2.24) is 15.5 Å². The average molecular weight is 444 g/mol. The fourth-order valence-corrected chi connectivity index (χ4v) is 3.03. The zero-order valence-electron chi connectivity index (χ0n) is 15.3. The highest BCUT2D eigenvalue weighted by atomic mass is 127. The quantitative estimate of drug-likeness (QED) is 0.402. The molecule has 0 spiro atoms. The summed E-state index contributed by atoms with van der Waals surface area (Å²) in [6.45, 7) is 9.91. The maximum absolute atomic E-state index is 4.32. The molecule has 0 amide bonds. The van der Waals surface area contributed by atoms with E-state index in [0.717, 1.165) is 19.0 Å². The van der Waals surface area contributed by atoms with Gasteiger partial charge in [0.05, 0.1) is 0 Å². The topological polar surface area (TPSA) is 39.7 Å². The summed E-state index contributed by atoms with van der Waals surface area (Å²) in [6, 6.07) is 8.62. The van der Waals surface area contributed by atoms with Gasteiger partial charge in [0.25, 0.3) is 0 Å². The molecule has 2 rings (SSSR count). The molecule has 1 unspecified atom stereocenters. The van der Waals surface area contributed by atoms with Crippen molar-refractivity contribution in [3.8, 4) is 0 Å². The van der Waals surface area contributed by atoms with E-state index in [0.29, 0.717) is 5.92 Å². The van der Waals surface area contributed by atoms with Gasteiger partial charge in [0.1, 0.15) is 0 Å². The molecule has 2 N–H and O–H groups in total. The summed E-state index contributed by atoms with van der Waals surface area (Å²) in [5, 5.41) is 6.84. The minimum absolute atomic E-state index is 0. The maximum atomic E-state index is 4.32. The molecule has 1 aromatic carbocycles. The van der Waals surface area contributed by atoms with Crippen LogP contribution in [0.25, 0.3) is 0 Å². The number of piperidine rings is 1. The van der Waals surface area contributed by atoms with Crippen molar-refractivity contribution in [2.75, 3.05) is 33.2 Å². The molecular weight excluding hydrogens is 411 g/mol. The number of hydrogen-bond donors (Lipinski definition) is 2. The smallest absolute Gasteiger partial charge is 0.191 e. The largest absolute Gasteiger partial charge is 0.356 e. The first-order valence-corrected chi connectivity index (χ1v) is 8.90. The molecule has 0 aliphatic carbocycles. The lowest BCUT2D eigenvalue weighted by atomic mass is 10.1. The fourth-order valence-electron chi connectivity index (χ4n) is 3.03. The number of benzene rings is 1. The third-order valence-corrected chi connectivity index (χ3v) is 4.44. The van der Waals surface area contributed by atoms with Gasteiger partial charge in [-0.25, -0.2) is 0 Å². The van der Waals surface area contributed by atoms with Crippen LogP contribution in [0, 0.1) is 12.8 Å². The molecule has 1 aliphatic rings. The highest BCUT2D eigenvalue weighted by molar-refractivity contribution is 14.0. The molecule has 1 fully saturated rings. The summed E-state index contributed by atoms with van der Waals surface area (Å²) >= 11 is 0. The second-order valence-corrected chi connectivity index (χ2v) is 6.76. The van der Waals surface area contributed by atoms with Gasteiger partial charge in [-0.3, -0.25) is 4.99 Å². The van der Waals surface area contributed by atoms with E-state index in [1.807, 2.05) is 7.05 Å². The lowest BCUT2D eigenvalue weighted by Gasteiger charge is -2.29. The molecule has 0 bridgehead atoms. The van der Waals surface area contributed by atoms with Crippen molar-refractivity contribution in [3.05, 3.63) is 35.4 Å². The van der Waals surface area contributed by atoms with E-state index in [1.54, 1.807) is 0 Å². The van der Waals surface area contributed by atoms with Crippen molar-refractivity contribution in [2.45, 2.75) is 39.7 Å². The predicted molar refractivity (Wildman–Crippen MR) is 114 cm³/mol. The van der Waals surface area contributed by atoms with E-state index < -0.39 is 0 Å². The molecule has 1 heterocycles. The molecule has 136 valence electrons. The number of aliphatic imine (C=N–C) groups is 1. The van der Waals surface area contributed by atoms with Crippen LogP contribution in [0.5, 0.6) is 0 Å². The third-order valence-electron chi connectivity index (χ3n) is 4.44. The van der Waals surface area contributed by atoms with Gasteiger partial charge in [0.2, 0.25) is 0 Å². The van der Waals surface area contributed by atoms with Crippen LogP contribution >= 0.6 is 24.0 Å². The SMILES string of the molecule is CN=C(NCc1ccc(C)cc1)NCC(C)CN1CCCCC1.I. The number of halogens is 1. The molecular formula is C19H33IN4. The first-order valence-electron chi connectivity index (χ1n) is 8.90. The summed E-state index contributed by atoms with van der Waals surface area (Å²) < 4.78 is 0. The van der Waals surface area contributed by atoms with Crippen molar-refractivity contribution < 1.29 is 0 Å². The van der Waals surface area contributed by atoms with Gasteiger partial charge in [0.15, 0.2) is 5.96 Å². The Balaban J connectivity index is 0.00000288. The number of aryl methyl sites for hydroxylation is 1. The maximum Gasteiger partial charge on any atom is 0.191 e. The van der Waals surface area contributed by atoms with Crippen LogP contribution in [0.15, 0.2) is 29.3 Å². The minimum Gasteiger partial charge on any atom is -0.356 e. The van der Waals surface area contributed by atoms with Crippen molar-refractivity contribution in [1.29, 1.82) is 0 Å². The highest BCUT2D eigenvalue weighted by Gasteiger charge is 2.13. The normalized spacial score (nSPS) is 17.0. The van der Waals surface area contributed by atoms with E-state index in [2.05, 4.69) is 58.6 Å². The van der Waals surface area contributed by atoms with Crippen LogP contribution in [0.3, 0.4) is 0 Å². The Morgan fingerprint density at radius 3 is 2.42 bits per heavy atom. The summed E-state index contributed by atoms with van der Waals surface area (Å²) in [5.41, 5.74) is 2.57. The Kier molecular flexibility index (Phi) is 10.3. The van der Waals surface area contributed by atoms with Gasteiger partial charge in [-0.05, 0) is 44.3 Å². The van der Waals surface area contributed by atoms with Crippen LogP contribution in [0.1, 0.15) is 37.3 Å². The number of rotatable bonds is 6. The van der Waals surface area contributed by atoms with Gasteiger partial charge < -0.3 is 15.5 Å². The zero-order valence-corrected chi connectivity index (χ0v) is 17.7. The number of hydrogen-bond acceptors (Lipinski definition) is 2. The Labute approximate surface area is 164 Å². The first kappa shape index (κ1) is 21.2. The van der Waals surface area contributed by atoms with Crippen LogP contribution < -0.4 is 10.6 Å². The molecule has 0 saturated carbocycles. The van der Waals surface area contributed by atoms with Gasteiger partial charge in [-0.15, -0.1) is 24.0 Å². The van der Waals surface area contributed by atoms with E-state index in [4.69, 9.17) is 0 Å². The monoisotopic (exact) mass is 444 g/mol. The van der Waals surface area contributed by atoms with Gasteiger partial charge >= 0.3 is 0 Å². The number of guanidine groups is 1. The average Bonchev–Trinajstić information content (AvgIpc) is 2.57. The van der Waals surface area contributed by atoms with E-state index in [1.165, 1.54) is 50.0 Å². The molecule has 24 heavy (non-hydrogen) atoms. The molecule has 0 aromatic heterocycles. The minimum atomic E-state index is 0. The van der Waals surface area contributed by atoms with Crippen molar-refractivity contribution >= 4 is 29.9 Å². The second kappa shape index (κ2) is 11.7. The summed E-state index contributed by atoms with van der Waals surface area (Å²) in [7, 11) is 1.83. The highest BCUT2D eigenvalue weighted by Crippen LogP contribution is 2.10. The standard InChI is InChI=1S/C19H32N4.HI/c1-16-7-9-18(10-8-16)14-22-19(20-3)21-13-17(2)15-23-11-5-4-6-12-23;/h7-10,17H,4-6,11-15H2,1-3H3,(H2,20,21,22);1H. The Morgan fingerprint density at radius 2 is 1.79 bits per heavy atom. The van der Waals surface area contributed by atoms with Crippen LogP contribution in [-0.4, -0.2) is 44.1 Å². The van der Waals surface area contributed by atoms with Crippen LogP contribution in [-0.2, 0) is 6.54 Å². The first-order chi connectivity index (χ1) is 11.2. The van der Waals surface area contributed by atoms with Crippen molar-refractivity contribution in [3.63, 3.8) is 0 Å². The van der Waals surface area contributed by atoms with E-state index in [9.17, 15) is 0 Å². The number of nitrogens with one attached hydrogen (secondary N) is 2. The molecule has 1 saturated heterocycles. The predicted octanol–water partition coefficient (Wildman–Crippen LogP) is 3.40. The molecule has 4 nitrogen and oxygen atoms in total. The Morgan fingerprint density at radius 1 is 1.12 bits per heavy atom. The molecule has 1 atom stereocenters. The van der Waals surface area contributed by atoms with Crippen molar-refractivity contribution in [2.24, 2.45) is 10.9 Å². The second-order valence-electron chi connectivity index (χ2n) is 6.76. The molecule has 0 radical (unpaired) electrons. The zero-order chi connectivity index (χ0) is 16.5. The number of nitrogens with zero attached hydrogens (tertiary/aromatic N) is 2. The molecule has 5 heteroatoms. The third kappa shape index (κ3) is 7.83. The lowest BCUT2D eigenvalue weighted by Crippen LogP contribution is -2.42. The summed E-state index contributed by atoms with van der Waals surface area (Å²) in [5.74, 6) is 1.52. The summed E-state index contributed by atoms with van der Waals surface area (Å²) in [6.07, 6.45) is 4.12. The Bertz CT molecular complexity index is 481. The lowest BCUT2D eigenvalue weighted by molar-refractivity contribution is 0.201. The van der Waals surface area contributed by atoms with Gasteiger partial charge in [-0.1, -0.05) is 43.2 Å². The van der Waals surface area contributed by atoms with E-state index >= 15 is 0 Å². The van der Waals surface area contributed by atoms with Crippen LogP contribution in [0.4, 0.5) is 0 Å². The van der Waals surface area contributed by atoms with Crippen LogP contribution in [0.2, 0.25) is 0 Å².